The van der Waals surface area contributed by atoms with Crippen molar-refractivity contribution in [1.82, 2.24) is 19.6 Å². The van der Waals surface area contributed by atoms with Crippen molar-refractivity contribution >= 4 is 39.9 Å². The predicted octanol–water partition coefficient (Wildman–Crippen LogP) is 2.93. The third kappa shape index (κ3) is 4.85. The van der Waals surface area contributed by atoms with E-state index in [9.17, 15) is 4.79 Å². The first-order valence-electron chi connectivity index (χ1n) is 8.93. The molecule has 0 spiro atoms. The fourth-order valence-corrected chi connectivity index (χ4v) is 4.21. The minimum atomic E-state index is -0.117. The molecular formula is C18H25ClN4O2S. The number of aromatic nitrogens is 2. The van der Waals surface area contributed by atoms with Gasteiger partial charge in [-0.05, 0) is 18.4 Å². The van der Waals surface area contributed by atoms with Gasteiger partial charge in [0.25, 0.3) is 0 Å². The van der Waals surface area contributed by atoms with Crippen molar-refractivity contribution in [2.75, 3.05) is 32.8 Å². The Kier molecular flexibility index (Phi) is 6.69. The number of fused-ring (bicyclic) bond motifs is 1. The summed E-state index contributed by atoms with van der Waals surface area (Å²) in [6.07, 6.45) is 6.19. The van der Waals surface area contributed by atoms with Crippen molar-refractivity contribution in [3.8, 4) is 0 Å². The standard InChI is InChI=1S/C18H25ClN4O2S/c1-13(2)11-14(22-5-8-25-9-6-22)12-20-16(24)4-3-15-17(19)21-18-23(15)7-10-26-18/h3-4,7,10,13-14H,5-6,8-9,11-12H2,1-2H3,(H,20,24)/b4-3+. The number of rotatable bonds is 7. The lowest BCUT2D eigenvalue weighted by molar-refractivity contribution is -0.116. The summed E-state index contributed by atoms with van der Waals surface area (Å²) in [7, 11) is 0. The van der Waals surface area contributed by atoms with Gasteiger partial charge in [-0.15, -0.1) is 11.3 Å². The molecule has 0 bridgehead atoms. The lowest BCUT2D eigenvalue weighted by atomic mass is 10.0. The van der Waals surface area contributed by atoms with Crippen LogP contribution in [0, 0.1) is 5.92 Å². The van der Waals surface area contributed by atoms with Crippen molar-refractivity contribution in [1.29, 1.82) is 0 Å². The highest BCUT2D eigenvalue weighted by atomic mass is 35.5. The summed E-state index contributed by atoms with van der Waals surface area (Å²) in [4.78, 5) is 19.8. The second-order valence-electron chi connectivity index (χ2n) is 6.85. The molecule has 2 aromatic heterocycles. The van der Waals surface area contributed by atoms with Gasteiger partial charge in [0.05, 0.1) is 18.9 Å². The topological polar surface area (TPSA) is 58.9 Å². The fraction of sp³-hybridized carbons (Fsp3) is 0.556. The number of nitrogens with zero attached hydrogens (tertiary/aromatic N) is 3. The molecule has 1 unspecified atom stereocenters. The van der Waals surface area contributed by atoms with Gasteiger partial charge >= 0.3 is 0 Å². The first kappa shape index (κ1) is 19.4. The summed E-state index contributed by atoms with van der Waals surface area (Å²) in [5.41, 5.74) is 0.727. The van der Waals surface area contributed by atoms with Crippen molar-refractivity contribution in [3.05, 3.63) is 28.5 Å². The van der Waals surface area contributed by atoms with E-state index in [2.05, 4.69) is 29.0 Å². The summed E-state index contributed by atoms with van der Waals surface area (Å²) in [5.74, 6) is 0.459. The van der Waals surface area contributed by atoms with Gasteiger partial charge in [-0.3, -0.25) is 14.1 Å². The van der Waals surface area contributed by atoms with Crippen molar-refractivity contribution < 1.29 is 9.53 Å². The number of imidazole rings is 1. The summed E-state index contributed by atoms with van der Waals surface area (Å²) in [5, 5.41) is 5.38. The minimum Gasteiger partial charge on any atom is -0.379 e. The second kappa shape index (κ2) is 8.99. The van der Waals surface area contributed by atoms with E-state index in [0.717, 1.165) is 43.4 Å². The van der Waals surface area contributed by atoms with E-state index in [4.69, 9.17) is 16.3 Å². The van der Waals surface area contributed by atoms with Gasteiger partial charge in [0.1, 0.15) is 0 Å². The van der Waals surface area contributed by atoms with Crippen LogP contribution in [0.3, 0.4) is 0 Å². The van der Waals surface area contributed by atoms with E-state index in [1.165, 1.54) is 17.4 Å². The van der Waals surface area contributed by atoms with Crippen LogP contribution in [0.15, 0.2) is 17.7 Å². The lowest BCUT2D eigenvalue weighted by Crippen LogP contribution is -2.49. The number of halogens is 1. The molecular weight excluding hydrogens is 372 g/mol. The molecule has 3 heterocycles. The van der Waals surface area contributed by atoms with Gasteiger partial charge in [-0.1, -0.05) is 25.4 Å². The van der Waals surface area contributed by atoms with Gasteiger partial charge in [-0.2, -0.15) is 0 Å². The van der Waals surface area contributed by atoms with E-state index in [0.29, 0.717) is 23.7 Å². The second-order valence-corrected chi connectivity index (χ2v) is 8.08. The number of amides is 1. The molecule has 1 atom stereocenters. The van der Waals surface area contributed by atoms with Crippen LogP contribution in [0.1, 0.15) is 26.0 Å². The predicted molar refractivity (Wildman–Crippen MR) is 106 cm³/mol. The third-order valence-electron chi connectivity index (χ3n) is 4.46. The number of morpholine rings is 1. The molecule has 1 amide bonds. The van der Waals surface area contributed by atoms with Gasteiger partial charge in [-0.25, -0.2) is 4.98 Å². The zero-order valence-corrected chi connectivity index (χ0v) is 16.7. The highest BCUT2D eigenvalue weighted by Crippen LogP contribution is 2.22. The van der Waals surface area contributed by atoms with Crippen LogP contribution in [0.5, 0.6) is 0 Å². The van der Waals surface area contributed by atoms with Crippen molar-refractivity contribution in [2.24, 2.45) is 5.92 Å². The SMILES string of the molecule is CC(C)CC(CNC(=O)/C=C/c1c(Cl)nc2sccn12)N1CCOCC1. The van der Waals surface area contributed by atoms with Crippen LogP contribution in [-0.4, -0.2) is 59.1 Å². The molecule has 0 radical (unpaired) electrons. The van der Waals surface area contributed by atoms with E-state index in [1.807, 2.05) is 16.0 Å². The monoisotopic (exact) mass is 396 g/mol. The van der Waals surface area contributed by atoms with Crippen molar-refractivity contribution in [2.45, 2.75) is 26.3 Å². The molecule has 26 heavy (non-hydrogen) atoms. The Balaban J connectivity index is 1.59. The smallest absolute Gasteiger partial charge is 0.244 e. The number of carbonyl (C=O) groups is 1. The van der Waals surface area contributed by atoms with Gasteiger partial charge in [0, 0.05) is 43.3 Å². The maximum Gasteiger partial charge on any atom is 0.244 e. The Morgan fingerprint density at radius 2 is 2.23 bits per heavy atom. The molecule has 1 saturated heterocycles. The highest BCUT2D eigenvalue weighted by molar-refractivity contribution is 7.15. The summed E-state index contributed by atoms with van der Waals surface area (Å²) in [6, 6.07) is 0.332. The van der Waals surface area contributed by atoms with Crippen LogP contribution in [0.4, 0.5) is 0 Å². The van der Waals surface area contributed by atoms with Crippen LogP contribution >= 0.6 is 22.9 Å². The first-order valence-corrected chi connectivity index (χ1v) is 10.2. The van der Waals surface area contributed by atoms with Crippen molar-refractivity contribution in [3.63, 3.8) is 0 Å². The molecule has 3 rings (SSSR count). The molecule has 142 valence electrons. The summed E-state index contributed by atoms with van der Waals surface area (Å²) < 4.78 is 7.32. The van der Waals surface area contributed by atoms with Gasteiger partial charge in [0.15, 0.2) is 10.1 Å². The van der Waals surface area contributed by atoms with Crippen LogP contribution in [0.25, 0.3) is 11.0 Å². The number of hydrogen-bond acceptors (Lipinski definition) is 5. The Labute approximate surface area is 162 Å². The normalized spacial score (nSPS) is 17.4. The van der Waals surface area contributed by atoms with E-state index >= 15 is 0 Å². The Morgan fingerprint density at radius 3 is 2.96 bits per heavy atom. The Morgan fingerprint density at radius 1 is 1.46 bits per heavy atom. The quantitative estimate of drug-likeness (QED) is 0.731. The molecule has 1 fully saturated rings. The Hall–Kier alpha value is -1.41. The number of thiazole rings is 1. The largest absolute Gasteiger partial charge is 0.379 e. The molecule has 6 nitrogen and oxygen atoms in total. The zero-order valence-electron chi connectivity index (χ0n) is 15.2. The maximum atomic E-state index is 12.3. The third-order valence-corrected chi connectivity index (χ3v) is 5.50. The average Bonchev–Trinajstić information content (AvgIpc) is 3.18. The number of nitrogens with one attached hydrogen (secondary N) is 1. The van der Waals surface area contributed by atoms with Gasteiger partial charge < -0.3 is 10.1 Å². The minimum absolute atomic E-state index is 0.117. The molecule has 1 aliphatic heterocycles. The Bertz CT molecular complexity index is 764. The summed E-state index contributed by atoms with van der Waals surface area (Å²) >= 11 is 7.66. The number of hydrogen-bond donors (Lipinski definition) is 1. The van der Waals surface area contributed by atoms with Gasteiger partial charge in [0.2, 0.25) is 5.91 Å². The molecule has 1 aliphatic rings. The molecule has 0 aliphatic carbocycles. The van der Waals surface area contributed by atoms with E-state index < -0.39 is 0 Å². The fourth-order valence-electron chi connectivity index (χ4n) is 3.21. The van der Waals surface area contributed by atoms with Crippen LogP contribution < -0.4 is 5.32 Å². The summed E-state index contributed by atoms with van der Waals surface area (Å²) in [6.45, 7) is 8.42. The van der Waals surface area contributed by atoms with Crippen LogP contribution in [-0.2, 0) is 9.53 Å². The highest BCUT2D eigenvalue weighted by Gasteiger charge is 2.22. The molecule has 2 aromatic rings. The molecule has 0 aromatic carbocycles. The zero-order chi connectivity index (χ0) is 18.5. The first-order chi connectivity index (χ1) is 12.5. The molecule has 0 saturated carbocycles. The van der Waals surface area contributed by atoms with E-state index in [1.54, 1.807) is 6.08 Å². The number of ether oxygens (including phenoxy) is 1. The van der Waals surface area contributed by atoms with E-state index in [-0.39, 0.29) is 5.91 Å². The molecule has 8 heteroatoms. The lowest BCUT2D eigenvalue weighted by Gasteiger charge is -2.35. The van der Waals surface area contributed by atoms with Crippen LogP contribution in [0.2, 0.25) is 5.15 Å². The molecule has 1 N–H and O–H groups in total. The number of carbonyl (C=O) groups excluding carboxylic acids is 1. The average molecular weight is 397 g/mol. The maximum absolute atomic E-state index is 12.3.